The highest BCUT2D eigenvalue weighted by atomic mass is 16.5. The van der Waals surface area contributed by atoms with Crippen molar-refractivity contribution in [2.45, 2.75) is 51.7 Å². The minimum absolute atomic E-state index is 0.370. The number of hydrogen-bond acceptors (Lipinski definition) is 2. The number of likely N-dealkylation sites (tertiary alicyclic amines) is 1. The molecule has 3 atom stereocenters. The summed E-state index contributed by atoms with van der Waals surface area (Å²) >= 11 is 0. The maximum atomic E-state index is 10.2. The number of ether oxygens (including phenoxy) is 1. The summed E-state index contributed by atoms with van der Waals surface area (Å²) in [4.78, 5) is 1.72. The van der Waals surface area contributed by atoms with E-state index in [0.29, 0.717) is 12.5 Å². The Morgan fingerprint density at radius 1 is 1.35 bits per heavy atom. The van der Waals surface area contributed by atoms with Crippen LogP contribution in [0.15, 0.2) is 24.3 Å². The summed E-state index contributed by atoms with van der Waals surface area (Å²) in [6.07, 6.45) is 2.26. The molecule has 4 N–H and O–H groups in total. The van der Waals surface area contributed by atoms with Gasteiger partial charge in [0.2, 0.25) is 0 Å². The topological polar surface area (TPSA) is 50.5 Å². The number of nitrogens with one attached hydrogen (secondary N) is 1. The van der Waals surface area contributed by atoms with E-state index in [2.05, 4.69) is 32.2 Å². The Balaban J connectivity index is 1.70. The molecule has 1 aliphatic rings. The normalized spacial score (nSPS) is 22.5. The molecular formula is C19H34N2O2+2. The summed E-state index contributed by atoms with van der Waals surface area (Å²) in [6.45, 7) is 11.3. The molecule has 0 amide bonds. The standard InChI is InChI=1S/C19H32N2O2/c1-4-21-11-7-8-16(21)12-20-13-17(22)14-23-19-10-6-5-9-18(19)15(2)3/h5-6,9-10,15-17,20,22H,4,7-8,11-14H2,1-3H3/p+2/t16-,17+/m0/s1. The van der Waals surface area contributed by atoms with E-state index in [9.17, 15) is 5.11 Å². The monoisotopic (exact) mass is 322 g/mol. The first kappa shape index (κ1) is 18.2. The molecule has 0 spiro atoms. The largest absolute Gasteiger partial charge is 0.490 e. The lowest BCUT2D eigenvalue weighted by molar-refractivity contribution is -0.924. The van der Waals surface area contributed by atoms with Gasteiger partial charge in [0.25, 0.3) is 0 Å². The van der Waals surface area contributed by atoms with E-state index in [1.165, 1.54) is 31.5 Å². The van der Waals surface area contributed by atoms with E-state index in [1.54, 1.807) is 4.90 Å². The number of para-hydroxylation sites is 1. The minimum Gasteiger partial charge on any atom is -0.490 e. The van der Waals surface area contributed by atoms with E-state index in [4.69, 9.17) is 4.74 Å². The molecule has 4 heteroatoms. The Kier molecular flexibility index (Phi) is 7.34. The smallest absolute Gasteiger partial charge is 0.137 e. The van der Waals surface area contributed by atoms with E-state index in [-0.39, 0.29) is 0 Å². The predicted octanol–water partition coefficient (Wildman–Crippen LogP) is 0.180. The van der Waals surface area contributed by atoms with Gasteiger partial charge in [0.05, 0.1) is 13.1 Å². The molecule has 1 saturated heterocycles. The second-order valence-electron chi connectivity index (χ2n) is 7.02. The van der Waals surface area contributed by atoms with Crippen molar-refractivity contribution in [3.8, 4) is 5.75 Å². The molecular weight excluding hydrogens is 288 g/mol. The van der Waals surface area contributed by atoms with E-state index >= 15 is 0 Å². The second-order valence-corrected chi connectivity index (χ2v) is 7.02. The Labute approximate surface area is 140 Å². The molecule has 0 bridgehead atoms. The molecule has 1 aromatic rings. The SMILES string of the molecule is CC[NH+]1CCC[C@H]1C[NH2+]C[C@@H](O)COc1ccccc1C(C)C. The molecule has 1 fully saturated rings. The number of benzene rings is 1. The van der Waals surface area contributed by atoms with Gasteiger partial charge in [-0.05, 0) is 24.5 Å². The number of likely N-dealkylation sites (N-methyl/N-ethyl adjacent to an activating group) is 1. The van der Waals surface area contributed by atoms with Crippen LogP contribution in [0.2, 0.25) is 0 Å². The summed E-state index contributed by atoms with van der Waals surface area (Å²) in [7, 11) is 0. The van der Waals surface area contributed by atoms with Gasteiger partial charge in [0.15, 0.2) is 0 Å². The van der Waals surface area contributed by atoms with E-state index in [0.717, 1.165) is 24.9 Å². The van der Waals surface area contributed by atoms with Crippen LogP contribution in [0.5, 0.6) is 5.75 Å². The van der Waals surface area contributed by atoms with Gasteiger partial charge in [-0.25, -0.2) is 0 Å². The van der Waals surface area contributed by atoms with E-state index in [1.807, 2.05) is 18.2 Å². The first-order chi connectivity index (χ1) is 11.1. The molecule has 0 aliphatic carbocycles. The van der Waals surface area contributed by atoms with Crippen LogP contribution < -0.4 is 15.0 Å². The summed E-state index contributed by atoms with van der Waals surface area (Å²) in [6, 6.07) is 8.88. The Hall–Kier alpha value is -1.10. The lowest BCUT2D eigenvalue weighted by Crippen LogP contribution is -3.16. The Morgan fingerprint density at radius 2 is 2.13 bits per heavy atom. The van der Waals surface area contributed by atoms with Gasteiger partial charge in [-0.15, -0.1) is 0 Å². The van der Waals surface area contributed by atoms with Gasteiger partial charge < -0.3 is 20.1 Å². The molecule has 1 aromatic carbocycles. The molecule has 23 heavy (non-hydrogen) atoms. The van der Waals surface area contributed by atoms with Gasteiger partial charge in [-0.3, -0.25) is 0 Å². The van der Waals surface area contributed by atoms with Crippen molar-refractivity contribution in [3.63, 3.8) is 0 Å². The van der Waals surface area contributed by atoms with Gasteiger partial charge in [-0.1, -0.05) is 32.0 Å². The van der Waals surface area contributed by atoms with Crippen molar-refractivity contribution in [3.05, 3.63) is 29.8 Å². The van der Waals surface area contributed by atoms with Crippen molar-refractivity contribution in [2.75, 3.05) is 32.8 Å². The predicted molar refractivity (Wildman–Crippen MR) is 93.1 cm³/mol. The summed E-state index contributed by atoms with van der Waals surface area (Å²) in [5.74, 6) is 1.33. The molecule has 0 saturated carbocycles. The van der Waals surface area contributed by atoms with Crippen LogP contribution in [-0.2, 0) is 0 Å². The lowest BCUT2D eigenvalue weighted by Gasteiger charge is -2.19. The zero-order valence-electron chi connectivity index (χ0n) is 14.9. The number of aliphatic hydroxyl groups is 1. The fourth-order valence-corrected chi connectivity index (χ4v) is 3.57. The fourth-order valence-electron chi connectivity index (χ4n) is 3.57. The highest BCUT2D eigenvalue weighted by molar-refractivity contribution is 5.35. The Morgan fingerprint density at radius 3 is 2.87 bits per heavy atom. The first-order valence-electron chi connectivity index (χ1n) is 9.17. The van der Waals surface area contributed by atoms with Crippen LogP contribution in [-0.4, -0.2) is 50.0 Å². The van der Waals surface area contributed by atoms with Crippen LogP contribution in [0.4, 0.5) is 0 Å². The number of aliphatic hydroxyl groups excluding tert-OH is 1. The minimum atomic E-state index is -0.415. The second kappa shape index (κ2) is 9.26. The molecule has 4 nitrogen and oxygen atoms in total. The quantitative estimate of drug-likeness (QED) is 0.607. The highest BCUT2D eigenvalue weighted by Gasteiger charge is 2.28. The number of rotatable bonds is 9. The number of nitrogens with two attached hydrogens (primary N) is 1. The van der Waals surface area contributed by atoms with Gasteiger partial charge >= 0.3 is 0 Å². The lowest BCUT2D eigenvalue weighted by atomic mass is 10.0. The average molecular weight is 322 g/mol. The van der Waals surface area contributed by atoms with E-state index < -0.39 is 6.10 Å². The molecule has 1 heterocycles. The van der Waals surface area contributed by atoms with Crippen LogP contribution >= 0.6 is 0 Å². The van der Waals surface area contributed by atoms with Crippen molar-refractivity contribution < 1.29 is 20.1 Å². The zero-order chi connectivity index (χ0) is 16.7. The van der Waals surface area contributed by atoms with Crippen LogP contribution in [0.3, 0.4) is 0 Å². The molecule has 1 unspecified atom stereocenters. The third-order valence-electron chi connectivity index (χ3n) is 4.94. The zero-order valence-corrected chi connectivity index (χ0v) is 14.9. The number of hydrogen-bond donors (Lipinski definition) is 3. The molecule has 130 valence electrons. The van der Waals surface area contributed by atoms with Gasteiger partial charge in [-0.2, -0.15) is 0 Å². The summed E-state index contributed by atoms with van der Waals surface area (Å²) < 4.78 is 5.85. The van der Waals surface area contributed by atoms with Crippen molar-refractivity contribution >= 4 is 0 Å². The van der Waals surface area contributed by atoms with Crippen LogP contribution in [0.1, 0.15) is 45.1 Å². The maximum Gasteiger partial charge on any atom is 0.137 e. The molecule has 0 aromatic heterocycles. The third-order valence-corrected chi connectivity index (χ3v) is 4.94. The fraction of sp³-hybridized carbons (Fsp3) is 0.684. The van der Waals surface area contributed by atoms with Crippen molar-refractivity contribution in [1.82, 2.24) is 0 Å². The summed E-state index contributed by atoms with van der Waals surface area (Å²) in [5.41, 5.74) is 1.21. The molecule has 1 aliphatic heterocycles. The third kappa shape index (κ3) is 5.48. The van der Waals surface area contributed by atoms with Crippen LogP contribution in [0.25, 0.3) is 0 Å². The van der Waals surface area contributed by atoms with Gasteiger partial charge in [0, 0.05) is 12.8 Å². The number of quaternary nitrogens is 2. The average Bonchev–Trinajstić information content (AvgIpc) is 3.00. The molecule has 0 radical (unpaired) electrons. The van der Waals surface area contributed by atoms with Gasteiger partial charge in [0.1, 0.15) is 37.6 Å². The molecule has 2 rings (SSSR count). The Bertz CT molecular complexity index is 464. The van der Waals surface area contributed by atoms with Crippen molar-refractivity contribution in [1.29, 1.82) is 0 Å². The summed E-state index contributed by atoms with van der Waals surface area (Å²) in [5, 5.41) is 12.4. The maximum absolute atomic E-state index is 10.2. The highest BCUT2D eigenvalue weighted by Crippen LogP contribution is 2.25. The van der Waals surface area contributed by atoms with Crippen LogP contribution in [0, 0.1) is 0 Å². The first-order valence-corrected chi connectivity index (χ1v) is 9.17. The van der Waals surface area contributed by atoms with Crippen molar-refractivity contribution in [2.24, 2.45) is 0 Å².